The number of pyridine rings is 1. The summed E-state index contributed by atoms with van der Waals surface area (Å²) in [7, 11) is 0. The van der Waals surface area contributed by atoms with Crippen molar-refractivity contribution < 1.29 is 0 Å². The Hall–Kier alpha value is -1.37. The zero-order valence-electron chi connectivity index (χ0n) is 8.31. The van der Waals surface area contributed by atoms with Gasteiger partial charge in [-0.25, -0.2) is 0 Å². The van der Waals surface area contributed by atoms with Gasteiger partial charge in [-0.2, -0.15) is 0 Å². The van der Waals surface area contributed by atoms with Crippen LogP contribution in [0.15, 0.2) is 23.7 Å². The van der Waals surface area contributed by atoms with Crippen LogP contribution in [0.2, 0.25) is 0 Å². The molecular weight excluding hydrogens is 204 g/mol. The first kappa shape index (κ1) is 10.2. The molecule has 0 fully saturated rings. The van der Waals surface area contributed by atoms with Crippen LogP contribution in [0, 0.1) is 12.3 Å². The lowest BCUT2D eigenvalue weighted by Gasteiger charge is -2.09. The van der Waals surface area contributed by atoms with Crippen LogP contribution in [0.25, 0.3) is 10.2 Å². The number of terminal acetylenes is 1. The first-order chi connectivity index (χ1) is 7.31. The summed E-state index contributed by atoms with van der Waals surface area (Å²) < 4.78 is 1.18. The molecule has 0 radical (unpaired) electrons. The fraction of sp³-hybridized carbons (Fsp3) is 0.250. The largest absolute Gasteiger partial charge is 0.324 e. The van der Waals surface area contributed by atoms with E-state index in [0.717, 1.165) is 17.5 Å². The van der Waals surface area contributed by atoms with Crippen molar-refractivity contribution in [1.82, 2.24) is 4.98 Å². The Labute approximate surface area is 93.1 Å². The molecule has 2 nitrogen and oxygen atoms in total. The fourth-order valence-corrected chi connectivity index (χ4v) is 2.26. The van der Waals surface area contributed by atoms with E-state index in [0.29, 0.717) is 6.42 Å². The van der Waals surface area contributed by atoms with E-state index in [1.54, 1.807) is 11.3 Å². The van der Waals surface area contributed by atoms with Crippen molar-refractivity contribution in [3.8, 4) is 12.3 Å². The van der Waals surface area contributed by atoms with Crippen LogP contribution in [-0.4, -0.2) is 4.98 Å². The van der Waals surface area contributed by atoms with E-state index in [2.05, 4.69) is 17.0 Å². The van der Waals surface area contributed by atoms with Gasteiger partial charge < -0.3 is 5.73 Å². The third kappa shape index (κ3) is 2.17. The summed E-state index contributed by atoms with van der Waals surface area (Å²) in [5.74, 6) is 2.60. The molecule has 0 bridgehead atoms. The number of nitrogens with zero attached hydrogens (tertiary/aromatic N) is 1. The molecule has 0 aliphatic heterocycles. The smallest absolute Gasteiger partial charge is 0.0809 e. The normalized spacial score (nSPS) is 12.5. The molecule has 1 atom stereocenters. The molecule has 0 spiro atoms. The molecule has 0 aliphatic carbocycles. The van der Waals surface area contributed by atoms with Crippen LogP contribution in [0.5, 0.6) is 0 Å². The van der Waals surface area contributed by atoms with Gasteiger partial charge in [0.25, 0.3) is 0 Å². The van der Waals surface area contributed by atoms with Crippen LogP contribution in [-0.2, 0) is 0 Å². The number of hydrogen-bond acceptors (Lipinski definition) is 3. The second-order valence-corrected chi connectivity index (χ2v) is 4.37. The van der Waals surface area contributed by atoms with Gasteiger partial charge in [0.2, 0.25) is 0 Å². The first-order valence-corrected chi connectivity index (χ1v) is 5.71. The average molecular weight is 216 g/mol. The maximum Gasteiger partial charge on any atom is 0.0809 e. The van der Waals surface area contributed by atoms with Crippen LogP contribution < -0.4 is 5.73 Å². The highest BCUT2D eigenvalue weighted by Crippen LogP contribution is 2.23. The predicted molar refractivity (Wildman–Crippen MR) is 64.6 cm³/mol. The highest BCUT2D eigenvalue weighted by Gasteiger charge is 2.07. The molecule has 2 N–H and O–H groups in total. The fourth-order valence-electron chi connectivity index (χ4n) is 1.47. The van der Waals surface area contributed by atoms with Crippen molar-refractivity contribution in [2.24, 2.45) is 5.73 Å². The van der Waals surface area contributed by atoms with E-state index < -0.39 is 0 Å². The SMILES string of the molecule is C#CCCC(N)c1cnc2ccsc2c1. The molecular formula is C12H12N2S. The predicted octanol–water partition coefficient (Wildman–Crippen LogP) is 2.71. The van der Waals surface area contributed by atoms with E-state index in [9.17, 15) is 0 Å². The molecule has 0 amide bonds. The van der Waals surface area contributed by atoms with Crippen LogP contribution >= 0.6 is 11.3 Å². The van der Waals surface area contributed by atoms with Crippen LogP contribution in [0.4, 0.5) is 0 Å². The first-order valence-electron chi connectivity index (χ1n) is 4.83. The van der Waals surface area contributed by atoms with Crippen molar-refractivity contribution in [3.05, 3.63) is 29.3 Å². The third-order valence-electron chi connectivity index (χ3n) is 2.35. The van der Waals surface area contributed by atoms with Gasteiger partial charge in [-0.3, -0.25) is 4.98 Å². The molecule has 0 aromatic carbocycles. The lowest BCUT2D eigenvalue weighted by Crippen LogP contribution is -2.09. The van der Waals surface area contributed by atoms with Gasteiger partial charge in [0.1, 0.15) is 0 Å². The average Bonchev–Trinajstić information content (AvgIpc) is 2.72. The number of thiophene rings is 1. The Balaban J connectivity index is 2.24. The molecule has 3 heteroatoms. The van der Waals surface area contributed by atoms with Crippen LogP contribution in [0.1, 0.15) is 24.4 Å². The molecule has 76 valence electrons. The van der Waals surface area contributed by atoms with Gasteiger partial charge in [0.05, 0.1) is 10.2 Å². The Morgan fingerprint density at radius 3 is 3.27 bits per heavy atom. The second-order valence-electron chi connectivity index (χ2n) is 3.42. The molecule has 1 unspecified atom stereocenters. The summed E-state index contributed by atoms with van der Waals surface area (Å²) in [4.78, 5) is 4.35. The van der Waals surface area contributed by atoms with E-state index in [1.165, 1.54) is 4.70 Å². The summed E-state index contributed by atoms with van der Waals surface area (Å²) in [6, 6.07) is 4.12. The van der Waals surface area contributed by atoms with Gasteiger partial charge in [-0.1, -0.05) is 0 Å². The topological polar surface area (TPSA) is 38.9 Å². The van der Waals surface area contributed by atoms with Crippen LogP contribution in [0.3, 0.4) is 0 Å². The number of rotatable bonds is 3. The highest BCUT2D eigenvalue weighted by atomic mass is 32.1. The lowest BCUT2D eigenvalue weighted by molar-refractivity contribution is 0.666. The van der Waals surface area contributed by atoms with E-state index in [-0.39, 0.29) is 6.04 Å². The van der Waals surface area contributed by atoms with Crippen molar-refractivity contribution in [2.75, 3.05) is 0 Å². The van der Waals surface area contributed by atoms with Crippen molar-refractivity contribution in [3.63, 3.8) is 0 Å². The van der Waals surface area contributed by atoms with Gasteiger partial charge in [-0.05, 0) is 29.5 Å². The summed E-state index contributed by atoms with van der Waals surface area (Å²) in [6.45, 7) is 0. The molecule has 0 saturated carbocycles. The van der Waals surface area contributed by atoms with Crippen molar-refractivity contribution in [2.45, 2.75) is 18.9 Å². The standard InChI is InChI=1S/C12H12N2S/c1-2-3-4-10(13)9-7-12-11(14-8-9)5-6-15-12/h1,5-8,10H,3-4,13H2. The molecule has 2 aromatic rings. The van der Waals surface area contributed by atoms with Gasteiger partial charge >= 0.3 is 0 Å². The minimum Gasteiger partial charge on any atom is -0.324 e. The Morgan fingerprint density at radius 1 is 1.60 bits per heavy atom. The van der Waals surface area contributed by atoms with Gasteiger partial charge in [0, 0.05) is 18.7 Å². The molecule has 2 rings (SSSR count). The summed E-state index contributed by atoms with van der Waals surface area (Å²) in [6.07, 6.45) is 8.58. The van der Waals surface area contributed by atoms with Crippen molar-refractivity contribution in [1.29, 1.82) is 0 Å². The minimum atomic E-state index is 0.0000463. The summed E-state index contributed by atoms with van der Waals surface area (Å²) >= 11 is 1.68. The summed E-state index contributed by atoms with van der Waals surface area (Å²) in [5.41, 5.74) is 8.11. The lowest BCUT2D eigenvalue weighted by atomic mass is 10.1. The highest BCUT2D eigenvalue weighted by molar-refractivity contribution is 7.17. The number of fused-ring (bicyclic) bond motifs is 1. The molecule has 2 heterocycles. The third-order valence-corrected chi connectivity index (χ3v) is 3.20. The number of nitrogens with two attached hydrogens (primary N) is 1. The monoisotopic (exact) mass is 216 g/mol. The Morgan fingerprint density at radius 2 is 2.47 bits per heavy atom. The molecule has 0 saturated heterocycles. The maximum atomic E-state index is 6.01. The van der Waals surface area contributed by atoms with Gasteiger partial charge in [-0.15, -0.1) is 23.7 Å². The second kappa shape index (κ2) is 4.43. The van der Waals surface area contributed by atoms with Gasteiger partial charge in [0.15, 0.2) is 0 Å². The zero-order chi connectivity index (χ0) is 10.7. The number of hydrogen-bond donors (Lipinski definition) is 1. The zero-order valence-corrected chi connectivity index (χ0v) is 9.13. The molecule has 0 aliphatic rings. The quantitative estimate of drug-likeness (QED) is 0.801. The van der Waals surface area contributed by atoms with Crippen molar-refractivity contribution >= 4 is 21.6 Å². The maximum absolute atomic E-state index is 6.01. The van der Waals surface area contributed by atoms with E-state index >= 15 is 0 Å². The molecule has 2 aromatic heterocycles. The number of aromatic nitrogens is 1. The van der Waals surface area contributed by atoms with E-state index in [4.69, 9.17) is 12.2 Å². The van der Waals surface area contributed by atoms with E-state index in [1.807, 2.05) is 17.6 Å². The Kier molecular flexibility index (Phi) is 3.00. The Bertz CT molecular complexity index is 496. The minimum absolute atomic E-state index is 0.0000463. The summed E-state index contributed by atoms with van der Waals surface area (Å²) in [5, 5.41) is 2.04. The molecule has 15 heavy (non-hydrogen) atoms.